The number of hydrogen-bond acceptors (Lipinski definition) is 5. The molecule has 3 rings (SSSR count). The second kappa shape index (κ2) is 12.4. The minimum absolute atomic E-state index is 0. The lowest BCUT2D eigenvalue weighted by molar-refractivity contribution is -0.0498. The summed E-state index contributed by atoms with van der Waals surface area (Å²) < 4.78 is 29.1. The van der Waals surface area contributed by atoms with Crippen LogP contribution in [0.1, 0.15) is 28.4 Å². The minimum atomic E-state index is -2.80. The maximum atomic E-state index is 12.3. The molecule has 0 spiro atoms. The van der Waals surface area contributed by atoms with Crippen molar-refractivity contribution in [2.24, 2.45) is 4.99 Å². The summed E-state index contributed by atoms with van der Waals surface area (Å²) >= 11 is 1.74. The summed E-state index contributed by atoms with van der Waals surface area (Å²) in [5.74, 6) is 0.970. The van der Waals surface area contributed by atoms with Crippen molar-refractivity contribution in [3.63, 3.8) is 0 Å². The average molecular weight is 565 g/mol. The molecule has 1 aliphatic rings. The third-order valence-electron chi connectivity index (χ3n) is 5.06. The number of aliphatic imine (C=N–C) groups is 1. The molecule has 1 aliphatic heterocycles. The standard InChI is InChI=1S/C21H29F2N5OS.HI/c1-14-19(30-15(2)26-14)10-11-25-21(24-3)27-16-5-4-12-28(13-16)17-6-8-18(9-7-17)29-20(22)23;/h6-9,16,20H,4-5,10-13H2,1-3H3,(H2,24,25,27);1H. The molecule has 10 heteroatoms. The number of anilines is 1. The van der Waals surface area contributed by atoms with Crippen LogP contribution in [0.15, 0.2) is 29.3 Å². The molecule has 31 heavy (non-hydrogen) atoms. The number of halogens is 3. The molecule has 0 amide bonds. The van der Waals surface area contributed by atoms with Gasteiger partial charge in [-0.25, -0.2) is 4.98 Å². The first-order valence-corrected chi connectivity index (χ1v) is 11.0. The van der Waals surface area contributed by atoms with E-state index in [1.54, 1.807) is 30.5 Å². The number of aryl methyl sites for hydroxylation is 2. The van der Waals surface area contributed by atoms with Gasteiger partial charge >= 0.3 is 6.61 Å². The van der Waals surface area contributed by atoms with Crippen LogP contribution in [0.3, 0.4) is 0 Å². The lowest BCUT2D eigenvalue weighted by atomic mass is 10.0. The number of benzene rings is 1. The van der Waals surface area contributed by atoms with Crippen LogP contribution in [-0.4, -0.2) is 50.3 Å². The highest BCUT2D eigenvalue weighted by atomic mass is 127. The predicted molar refractivity (Wildman–Crippen MR) is 134 cm³/mol. The number of aromatic nitrogens is 1. The fourth-order valence-corrected chi connectivity index (χ4v) is 4.59. The Morgan fingerprint density at radius 2 is 2.06 bits per heavy atom. The van der Waals surface area contributed by atoms with Crippen molar-refractivity contribution in [3.05, 3.63) is 39.8 Å². The zero-order valence-corrected chi connectivity index (χ0v) is 21.2. The highest BCUT2D eigenvalue weighted by Gasteiger charge is 2.21. The van der Waals surface area contributed by atoms with Crippen molar-refractivity contribution in [3.8, 4) is 5.75 Å². The van der Waals surface area contributed by atoms with Crippen molar-refractivity contribution < 1.29 is 13.5 Å². The molecule has 0 bridgehead atoms. The van der Waals surface area contributed by atoms with Gasteiger partial charge in [-0.2, -0.15) is 8.78 Å². The summed E-state index contributed by atoms with van der Waals surface area (Å²) in [6, 6.07) is 7.08. The van der Waals surface area contributed by atoms with Crippen molar-refractivity contribution >= 4 is 47.0 Å². The highest BCUT2D eigenvalue weighted by molar-refractivity contribution is 14.0. The van der Waals surface area contributed by atoms with E-state index in [2.05, 4.69) is 37.2 Å². The van der Waals surface area contributed by atoms with Crippen LogP contribution in [0, 0.1) is 13.8 Å². The van der Waals surface area contributed by atoms with Gasteiger partial charge in [-0.1, -0.05) is 0 Å². The van der Waals surface area contributed by atoms with Gasteiger partial charge in [-0.05, 0) is 51.0 Å². The van der Waals surface area contributed by atoms with Crippen LogP contribution in [0.4, 0.5) is 14.5 Å². The van der Waals surface area contributed by atoms with Gasteiger partial charge in [-0.15, -0.1) is 35.3 Å². The Hall–Kier alpha value is -1.69. The van der Waals surface area contributed by atoms with Gasteiger partial charge < -0.3 is 20.3 Å². The molecule has 1 aromatic carbocycles. The number of hydrogen-bond donors (Lipinski definition) is 2. The number of rotatable bonds is 7. The third-order valence-corrected chi connectivity index (χ3v) is 6.19. The zero-order valence-electron chi connectivity index (χ0n) is 18.0. The fraction of sp³-hybridized carbons (Fsp3) is 0.524. The Morgan fingerprint density at radius 3 is 2.68 bits per heavy atom. The summed E-state index contributed by atoms with van der Waals surface area (Å²) in [5, 5.41) is 8.00. The molecule has 2 heterocycles. The summed E-state index contributed by atoms with van der Waals surface area (Å²) in [5.41, 5.74) is 2.11. The Bertz CT molecular complexity index is 847. The van der Waals surface area contributed by atoms with Gasteiger partial charge in [0.1, 0.15) is 5.75 Å². The zero-order chi connectivity index (χ0) is 21.5. The largest absolute Gasteiger partial charge is 0.435 e. The topological polar surface area (TPSA) is 61.8 Å². The number of nitrogens with one attached hydrogen (secondary N) is 2. The lowest BCUT2D eigenvalue weighted by Crippen LogP contribution is -2.51. The molecule has 1 fully saturated rings. The summed E-state index contributed by atoms with van der Waals surface area (Å²) in [6.45, 7) is 3.83. The van der Waals surface area contributed by atoms with Gasteiger partial charge in [0.15, 0.2) is 5.96 Å². The number of piperidine rings is 1. The SMILES string of the molecule is CN=C(NCCc1sc(C)nc1C)NC1CCCN(c2ccc(OC(F)F)cc2)C1.I. The first-order chi connectivity index (χ1) is 14.4. The minimum Gasteiger partial charge on any atom is -0.435 e. The van der Waals surface area contributed by atoms with E-state index in [0.29, 0.717) is 0 Å². The van der Waals surface area contributed by atoms with Crippen LogP contribution in [0.25, 0.3) is 0 Å². The normalized spacial score (nSPS) is 16.8. The molecular formula is C21H30F2IN5OS. The number of nitrogens with zero attached hydrogens (tertiary/aromatic N) is 3. The quantitative estimate of drug-likeness (QED) is 0.297. The predicted octanol–water partition coefficient (Wildman–Crippen LogP) is 4.36. The Labute approximate surface area is 203 Å². The maximum Gasteiger partial charge on any atom is 0.387 e. The van der Waals surface area contributed by atoms with Crippen molar-refractivity contribution in [1.29, 1.82) is 0 Å². The van der Waals surface area contributed by atoms with Gasteiger partial charge in [0.05, 0.1) is 10.7 Å². The summed E-state index contributed by atoms with van der Waals surface area (Å²) in [6.07, 6.45) is 3.02. The molecule has 0 aliphatic carbocycles. The van der Waals surface area contributed by atoms with E-state index < -0.39 is 6.61 Å². The molecule has 1 atom stereocenters. The average Bonchev–Trinajstić information content (AvgIpc) is 3.04. The van der Waals surface area contributed by atoms with Gasteiger partial charge in [0, 0.05) is 49.7 Å². The molecule has 1 saturated heterocycles. The lowest BCUT2D eigenvalue weighted by Gasteiger charge is -2.35. The first kappa shape index (κ1) is 25.6. The first-order valence-electron chi connectivity index (χ1n) is 10.1. The maximum absolute atomic E-state index is 12.3. The van der Waals surface area contributed by atoms with E-state index in [-0.39, 0.29) is 35.8 Å². The smallest absolute Gasteiger partial charge is 0.387 e. The molecule has 6 nitrogen and oxygen atoms in total. The molecule has 0 saturated carbocycles. The van der Waals surface area contributed by atoms with E-state index in [0.717, 1.165) is 61.2 Å². The molecule has 172 valence electrons. The van der Waals surface area contributed by atoms with E-state index >= 15 is 0 Å². The Kier molecular flexibility index (Phi) is 10.2. The van der Waals surface area contributed by atoms with Crippen LogP contribution >= 0.6 is 35.3 Å². The van der Waals surface area contributed by atoms with Crippen LogP contribution in [-0.2, 0) is 6.42 Å². The number of alkyl halides is 2. The molecular weight excluding hydrogens is 535 g/mol. The van der Waals surface area contributed by atoms with Crippen molar-refractivity contribution in [1.82, 2.24) is 15.6 Å². The third kappa shape index (κ3) is 7.74. The number of ether oxygens (including phenoxy) is 1. The molecule has 1 unspecified atom stereocenters. The van der Waals surface area contributed by atoms with E-state index in [9.17, 15) is 8.78 Å². The number of thiazole rings is 1. The Morgan fingerprint density at radius 1 is 1.32 bits per heavy atom. The number of guanidine groups is 1. The highest BCUT2D eigenvalue weighted by Crippen LogP contribution is 2.24. The van der Waals surface area contributed by atoms with Crippen LogP contribution < -0.4 is 20.3 Å². The fourth-order valence-electron chi connectivity index (χ4n) is 3.66. The Balaban J connectivity index is 0.00000341. The van der Waals surface area contributed by atoms with Gasteiger partial charge in [-0.3, -0.25) is 4.99 Å². The molecule has 1 aromatic heterocycles. The van der Waals surface area contributed by atoms with Crippen LogP contribution in [0.5, 0.6) is 5.75 Å². The van der Waals surface area contributed by atoms with Crippen LogP contribution in [0.2, 0.25) is 0 Å². The summed E-state index contributed by atoms with van der Waals surface area (Å²) in [4.78, 5) is 12.4. The monoisotopic (exact) mass is 565 g/mol. The van der Waals surface area contributed by atoms with E-state index in [1.165, 1.54) is 4.88 Å². The van der Waals surface area contributed by atoms with E-state index in [4.69, 9.17) is 0 Å². The van der Waals surface area contributed by atoms with Gasteiger partial charge in [0.2, 0.25) is 0 Å². The summed E-state index contributed by atoms with van der Waals surface area (Å²) in [7, 11) is 1.78. The second-order valence-corrected chi connectivity index (χ2v) is 8.58. The van der Waals surface area contributed by atoms with E-state index in [1.807, 2.05) is 19.1 Å². The van der Waals surface area contributed by atoms with Crippen molar-refractivity contribution in [2.75, 3.05) is 31.6 Å². The second-order valence-electron chi connectivity index (χ2n) is 7.29. The van der Waals surface area contributed by atoms with Gasteiger partial charge in [0.25, 0.3) is 0 Å². The molecule has 2 N–H and O–H groups in total. The van der Waals surface area contributed by atoms with Crippen molar-refractivity contribution in [2.45, 2.75) is 45.8 Å². The molecule has 0 radical (unpaired) electrons. The molecule has 2 aromatic rings.